The van der Waals surface area contributed by atoms with Crippen molar-refractivity contribution in [3.05, 3.63) is 64.8 Å². The third-order valence-corrected chi connectivity index (χ3v) is 9.00. The fourth-order valence-electron chi connectivity index (χ4n) is 6.13. The predicted molar refractivity (Wildman–Crippen MR) is 174 cm³/mol. The molecule has 5 aromatic rings. The zero-order chi connectivity index (χ0) is 31.1. The van der Waals surface area contributed by atoms with Crippen LogP contribution in [0.4, 0.5) is 4.79 Å². The molecule has 45 heavy (non-hydrogen) atoms. The lowest BCUT2D eigenvalue weighted by Crippen LogP contribution is -2.40. The first-order valence-corrected chi connectivity index (χ1v) is 16.6. The van der Waals surface area contributed by atoms with E-state index in [1.54, 1.807) is 0 Å². The van der Waals surface area contributed by atoms with Crippen LogP contribution in [0.3, 0.4) is 0 Å². The Morgan fingerprint density at radius 1 is 1.11 bits per heavy atom. The molecule has 0 spiro atoms. The minimum Gasteiger partial charge on any atom is -0.444 e. The maximum Gasteiger partial charge on any atom is 0.410 e. The zero-order valence-corrected chi connectivity index (χ0v) is 27.6. The number of nitrogens with zero attached hydrogens (tertiary/aromatic N) is 8. The van der Waals surface area contributed by atoms with Crippen LogP contribution in [0.1, 0.15) is 76.8 Å². The summed E-state index contributed by atoms with van der Waals surface area (Å²) in [5.41, 5.74) is 4.93. The van der Waals surface area contributed by atoms with Gasteiger partial charge in [0.05, 0.1) is 36.7 Å². The lowest BCUT2D eigenvalue weighted by molar-refractivity contribution is -0.0366. The van der Waals surface area contributed by atoms with Crippen molar-refractivity contribution in [1.29, 1.82) is 0 Å². The third kappa shape index (κ3) is 6.62. The second-order valence-corrected chi connectivity index (χ2v) is 14.2. The number of rotatable bonds is 8. The number of hydrogen-bond acceptors (Lipinski definition) is 7. The van der Waals surface area contributed by atoms with E-state index in [2.05, 4.69) is 38.4 Å². The molecule has 2 aliphatic rings. The monoisotopic (exact) mass is 674 g/mol. The van der Waals surface area contributed by atoms with Crippen molar-refractivity contribution in [1.82, 2.24) is 39.1 Å². The Bertz CT molecular complexity index is 1830. The summed E-state index contributed by atoms with van der Waals surface area (Å²) in [5, 5.41) is 14.6. The SMILES string of the molecule is CC(C)(C)OC(=O)N(Cc1ccc2nc(Cn3cc(-c4cc(Br)cc5c4cnn5C4CCCCO4)nn3)cn2c1)CC1CCC1. The molecule has 1 aliphatic heterocycles. The molecule has 0 bridgehead atoms. The number of carbonyl (C=O) groups is 1. The van der Waals surface area contributed by atoms with Crippen molar-refractivity contribution >= 4 is 38.6 Å². The van der Waals surface area contributed by atoms with E-state index >= 15 is 0 Å². The molecule has 1 saturated carbocycles. The molecule has 1 unspecified atom stereocenters. The number of pyridine rings is 1. The zero-order valence-electron chi connectivity index (χ0n) is 26.0. The number of aromatic nitrogens is 7. The summed E-state index contributed by atoms with van der Waals surface area (Å²) in [7, 11) is 0. The van der Waals surface area contributed by atoms with E-state index in [1.807, 2.05) is 76.4 Å². The van der Waals surface area contributed by atoms with Crippen LogP contribution >= 0.6 is 15.9 Å². The lowest BCUT2D eigenvalue weighted by atomic mass is 9.85. The molecule has 0 N–H and O–H groups in total. The maximum absolute atomic E-state index is 13.0. The van der Waals surface area contributed by atoms with Crippen molar-refractivity contribution in [3.8, 4) is 11.3 Å². The van der Waals surface area contributed by atoms with Gasteiger partial charge in [0.2, 0.25) is 0 Å². The van der Waals surface area contributed by atoms with Gasteiger partial charge >= 0.3 is 6.09 Å². The molecule has 12 heteroatoms. The second kappa shape index (κ2) is 12.2. The Balaban J connectivity index is 1.08. The number of amides is 1. The van der Waals surface area contributed by atoms with Gasteiger partial charge in [-0.1, -0.05) is 33.6 Å². The fraction of sp³-hybridized carbons (Fsp3) is 0.485. The molecule has 1 aliphatic carbocycles. The standard InChI is InChI=1S/C33H39BrN8O3/c1-33(2,3)45-32(43)40(16-22-7-6-8-22)18-23-10-11-30-36-25(19-39(30)17-23)20-41-21-28(37-38-41)26-13-24(34)14-29-27(26)15-35-42(29)31-9-4-5-12-44-31/h10-11,13-15,17,19,21-22,31H,4-9,12,16,18,20H2,1-3H3. The molecule has 11 nitrogen and oxygen atoms in total. The van der Waals surface area contributed by atoms with Crippen LogP contribution in [-0.2, 0) is 22.6 Å². The van der Waals surface area contributed by atoms with Gasteiger partial charge in [-0.05, 0) is 82.6 Å². The van der Waals surface area contributed by atoms with Crippen molar-refractivity contribution in [2.24, 2.45) is 5.92 Å². The Morgan fingerprint density at radius 3 is 2.73 bits per heavy atom. The largest absolute Gasteiger partial charge is 0.444 e. The van der Waals surface area contributed by atoms with Gasteiger partial charge in [-0.2, -0.15) is 5.10 Å². The van der Waals surface area contributed by atoms with Crippen molar-refractivity contribution in [2.45, 2.75) is 84.2 Å². The van der Waals surface area contributed by atoms with Gasteiger partial charge in [0.1, 0.15) is 16.9 Å². The van der Waals surface area contributed by atoms with E-state index in [9.17, 15) is 4.79 Å². The molecule has 1 atom stereocenters. The molecule has 1 saturated heterocycles. The third-order valence-electron chi connectivity index (χ3n) is 8.54. The Morgan fingerprint density at radius 2 is 1.98 bits per heavy atom. The summed E-state index contributed by atoms with van der Waals surface area (Å²) in [6, 6.07) is 8.17. The minimum absolute atomic E-state index is 0.0484. The Kier molecular flexibility index (Phi) is 8.11. The highest BCUT2D eigenvalue weighted by atomic mass is 79.9. The van der Waals surface area contributed by atoms with E-state index in [1.165, 1.54) is 19.3 Å². The quantitative estimate of drug-likeness (QED) is 0.175. The maximum atomic E-state index is 13.0. The van der Waals surface area contributed by atoms with E-state index < -0.39 is 5.60 Å². The molecule has 1 amide bonds. The number of imidazole rings is 1. The number of benzene rings is 1. The van der Waals surface area contributed by atoms with E-state index in [0.29, 0.717) is 19.0 Å². The molecular weight excluding hydrogens is 636 g/mol. The lowest BCUT2D eigenvalue weighted by Gasteiger charge is -2.33. The Hall–Kier alpha value is -3.77. The van der Waals surface area contributed by atoms with Crippen LogP contribution < -0.4 is 0 Å². The number of halogens is 1. The highest BCUT2D eigenvalue weighted by Gasteiger charge is 2.28. The summed E-state index contributed by atoms with van der Waals surface area (Å²) in [6.07, 6.45) is 14.3. The molecule has 4 aromatic heterocycles. The summed E-state index contributed by atoms with van der Waals surface area (Å²) < 4.78 is 18.5. The molecular formula is C33H39BrN8O3. The van der Waals surface area contributed by atoms with Gasteiger partial charge in [-0.3, -0.25) is 0 Å². The van der Waals surface area contributed by atoms with Crippen LogP contribution in [0.15, 0.2) is 53.5 Å². The molecule has 0 radical (unpaired) electrons. The predicted octanol–water partition coefficient (Wildman–Crippen LogP) is 6.99. The summed E-state index contributed by atoms with van der Waals surface area (Å²) in [4.78, 5) is 19.7. The van der Waals surface area contributed by atoms with Gasteiger partial charge in [0, 0.05) is 41.0 Å². The van der Waals surface area contributed by atoms with E-state index in [-0.39, 0.29) is 12.3 Å². The average Bonchev–Trinajstić information content (AvgIpc) is 3.71. The van der Waals surface area contributed by atoms with Crippen molar-refractivity contribution < 1.29 is 14.3 Å². The van der Waals surface area contributed by atoms with Gasteiger partial charge in [0.25, 0.3) is 0 Å². The van der Waals surface area contributed by atoms with Gasteiger partial charge in [-0.15, -0.1) is 5.10 Å². The highest BCUT2D eigenvalue weighted by molar-refractivity contribution is 9.10. The van der Waals surface area contributed by atoms with Crippen molar-refractivity contribution in [2.75, 3.05) is 13.2 Å². The van der Waals surface area contributed by atoms with Gasteiger partial charge in [0.15, 0.2) is 6.23 Å². The van der Waals surface area contributed by atoms with E-state index in [4.69, 9.17) is 19.6 Å². The molecule has 1 aromatic carbocycles. The first-order chi connectivity index (χ1) is 21.7. The normalized spacial score (nSPS) is 17.6. The number of hydrogen-bond donors (Lipinski definition) is 0. The molecule has 236 valence electrons. The van der Waals surface area contributed by atoms with E-state index in [0.717, 1.165) is 76.0 Å². The first kappa shape index (κ1) is 29.9. The number of ether oxygens (including phenoxy) is 2. The number of fused-ring (bicyclic) bond motifs is 2. The average molecular weight is 676 g/mol. The molecule has 2 fully saturated rings. The van der Waals surface area contributed by atoms with Crippen LogP contribution in [0, 0.1) is 5.92 Å². The second-order valence-electron chi connectivity index (χ2n) is 13.3. The van der Waals surface area contributed by atoms with Gasteiger partial charge in [-0.25, -0.2) is 19.1 Å². The summed E-state index contributed by atoms with van der Waals surface area (Å²) in [5.74, 6) is 0.545. The van der Waals surface area contributed by atoms with Crippen LogP contribution in [-0.4, -0.2) is 63.9 Å². The van der Waals surface area contributed by atoms with Crippen LogP contribution in [0.2, 0.25) is 0 Å². The highest BCUT2D eigenvalue weighted by Crippen LogP contribution is 2.34. The van der Waals surface area contributed by atoms with Crippen molar-refractivity contribution in [3.63, 3.8) is 0 Å². The van der Waals surface area contributed by atoms with Crippen LogP contribution in [0.25, 0.3) is 27.8 Å². The molecule has 5 heterocycles. The van der Waals surface area contributed by atoms with Gasteiger partial charge < -0.3 is 18.8 Å². The topological polar surface area (TPSA) is 105 Å². The molecule has 7 rings (SSSR count). The van der Waals surface area contributed by atoms with Crippen LogP contribution in [0.5, 0.6) is 0 Å². The first-order valence-electron chi connectivity index (χ1n) is 15.8. The fourth-order valence-corrected chi connectivity index (χ4v) is 6.58. The minimum atomic E-state index is -0.533. The summed E-state index contributed by atoms with van der Waals surface area (Å²) >= 11 is 3.68. The Labute approximate surface area is 270 Å². The summed E-state index contributed by atoms with van der Waals surface area (Å²) in [6.45, 7) is 8.17. The smallest absolute Gasteiger partial charge is 0.410 e. The number of carbonyl (C=O) groups excluding carboxylic acids is 1.